The van der Waals surface area contributed by atoms with Crippen LogP contribution in [0.4, 0.5) is 0 Å². The van der Waals surface area contributed by atoms with Crippen LogP contribution in [0.1, 0.15) is 37.1 Å². The molecule has 4 rings (SSSR count). The molecule has 2 aromatic carbocycles. The van der Waals surface area contributed by atoms with Crippen LogP contribution in [-0.4, -0.2) is 45.2 Å². The number of carbonyl (C=O) groups excluding carboxylic acids is 1. The third-order valence-electron chi connectivity index (χ3n) is 6.11. The predicted octanol–water partition coefficient (Wildman–Crippen LogP) is 4.70. The molecule has 1 aromatic heterocycles. The van der Waals surface area contributed by atoms with Gasteiger partial charge in [-0.2, -0.15) is 0 Å². The average molecular weight is 431 g/mol. The quantitative estimate of drug-likeness (QED) is 0.338. The highest BCUT2D eigenvalue weighted by atomic mass is 16.5. The summed E-state index contributed by atoms with van der Waals surface area (Å²) >= 11 is 0. The molecule has 0 saturated carbocycles. The first-order chi connectivity index (χ1) is 15.6. The summed E-state index contributed by atoms with van der Waals surface area (Å²) in [4.78, 5) is 18.9. The number of imidazole rings is 1. The number of carbonyl (C=O) groups is 1. The summed E-state index contributed by atoms with van der Waals surface area (Å²) in [6, 6.07) is 18.8. The van der Waals surface area contributed by atoms with E-state index < -0.39 is 5.91 Å². The number of likely N-dealkylation sites (tertiary alicyclic amines) is 1. The first-order valence-corrected chi connectivity index (χ1v) is 11.2. The lowest BCUT2D eigenvalue weighted by Crippen LogP contribution is -2.36. The summed E-state index contributed by atoms with van der Waals surface area (Å²) in [6.07, 6.45) is 5.30. The monoisotopic (exact) mass is 430 g/mol. The molecule has 3 aromatic rings. The average Bonchev–Trinajstić information content (AvgIpc) is 3.20. The van der Waals surface area contributed by atoms with Crippen LogP contribution in [0.25, 0.3) is 28.7 Å². The number of nitrogens with zero attached hydrogens (tertiary/aromatic N) is 3. The zero-order valence-corrected chi connectivity index (χ0v) is 18.7. The number of aromatic nitrogens is 2. The van der Waals surface area contributed by atoms with Gasteiger partial charge in [-0.15, -0.1) is 0 Å². The van der Waals surface area contributed by atoms with Gasteiger partial charge in [0.15, 0.2) is 0 Å². The van der Waals surface area contributed by atoms with Crippen LogP contribution in [0.15, 0.2) is 60.7 Å². The van der Waals surface area contributed by atoms with Gasteiger partial charge in [0.2, 0.25) is 0 Å². The number of hydroxylamine groups is 1. The number of hydrogen-bond acceptors (Lipinski definition) is 4. The number of likely N-dealkylation sites (N-methyl/N-ethyl adjacent to an activating group) is 1. The molecule has 0 radical (unpaired) electrons. The van der Waals surface area contributed by atoms with Crippen LogP contribution in [0.5, 0.6) is 0 Å². The second-order valence-electron chi connectivity index (χ2n) is 8.23. The van der Waals surface area contributed by atoms with Crippen molar-refractivity contribution in [2.75, 3.05) is 19.6 Å². The molecule has 2 N–H and O–H groups in total. The van der Waals surface area contributed by atoms with E-state index in [-0.39, 0.29) is 0 Å². The van der Waals surface area contributed by atoms with Gasteiger partial charge < -0.3 is 9.47 Å². The minimum Gasteiger partial charge on any atom is -0.319 e. The third-order valence-corrected chi connectivity index (χ3v) is 6.11. The zero-order valence-electron chi connectivity index (χ0n) is 18.7. The molecule has 32 heavy (non-hydrogen) atoms. The maximum Gasteiger partial charge on any atom is 0.267 e. The lowest BCUT2D eigenvalue weighted by atomic mass is 10.0. The van der Waals surface area contributed by atoms with Crippen molar-refractivity contribution >= 4 is 12.0 Å². The van der Waals surface area contributed by atoms with E-state index in [1.807, 2.05) is 18.2 Å². The summed E-state index contributed by atoms with van der Waals surface area (Å²) in [7, 11) is 0. The smallest absolute Gasteiger partial charge is 0.267 e. The van der Waals surface area contributed by atoms with Gasteiger partial charge in [0.25, 0.3) is 5.91 Å². The van der Waals surface area contributed by atoms with Crippen molar-refractivity contribution in [2.24, 2.45) is 0 Å². The van der Waals surface area contributed by atoms with Gasteiger partial charge in [0.05, 0.1) is 11.4 Å². The summed E-state index contributed by atoms with van der Waals surface area (Å²) in [5.41, 5.74) is 6.81. The van der Waals surface area contributed by atoms with Gasteiger partial charge in [0, 0.05) is 29.8 Å². The molecule has 1 atom stereocenters. The second-order valence-corrected chi connectivity index (χ2v) is 8.23. The van der Waals surface area contributed by atoms with Crippen LogP contribution < -0.4 is 5.48 Å². The van der Waals surface area contributed by atoms with Crippen molar-refractivity contribution < 1.29 is 10.0 Å². The Bertz CT molecular complexity index is 1100. The topological polar surface area (TPSA) is 70.4 Å². The number of hydrogen-bond donors (Lipinski definition) is 2. The Balaban J connectivity index is 1.83. The van der Waals surface area contributed by atoms with Gasteiger partial charge in [0.1, 0.15) is 5.82 Å². The Kier molecular flexibility index (Phi) is 6.83. The molecule has 1 aliphatic heterocycles. The summed E-state index contributed by atoms with van der Waals surface area (Å²) in [5, 5.41) is 8.75. The molecule has 0 unspecified atom stereocenters. The largest absolute Gasteiger partial charge is 0.319 e. The summed E-state index contributed by atoms with van der Waals surface area (Å²) in [6.45, 7) is 7.49. The molecule has 6 heteroatoms. The van der Waals surface area contributed by atoms with E-state index in [1.54, 1.807) is 11.6 Å². The molecular weight excluding hydrogens is 400 g/mol. The fourth-order valence-electron chi connectivity index (χ4n) is 4.57. The summed E-state index contributed by atoms with van der Waals surface area (Å²) < 4.78 is 2.43. The highest BCUT2D eigenvalue weighted by Gasteiger charge is 2.27. The molecular formula is C26H30N4O2. The molecule has 1 aliphatic rings. The Hall–Kier alpha value is -3.22. The minimum absolute atomic E-state index is 0.342. The van der Waals surface area contributed by atoms with Crippen molar-refractivity contribution in [3.63, 3.8) is 0 Å². The van der Waals surface area contributed by atoms with Gasteiger partial charge in [-0.05, 0) is 50.6 Å². The fourth-order valence-corrected chi connectivity index (χ4v) is 4.57. The third kappa shape index (κ3) is 4.66. The lowest BCUT2D eigenvalue weighted by molar-refractivity contribution is -0.124. The van der Waals surface area contributed by atoms with Crippen LogP contribution in [0.3, 0.4) is 0 Å². The molecule has 0 aliphatic carbocycles. The standard InChI is InChI=1S/C26H30N4O2/c1-3-29-16-8-13-23(18-29)30-25(19(2)27-26(30)21-10-5-4-6-11-21)22-12-7-9-20(17-22)14-15-24(31)28-32/h4-7,9-12,14-15,17,23,32H,3,8,13,16,18H2,1-2H3,(H,28,31)/t23-/m1/s1. The van der Waals surface area contributed by atoms with E-state index in [2.05, 4.69) is 59.7 Å². The highest BCUT2D eigenvalue weighted by Crippen LogP contribution is 2.36. The maximum atomic E-state index is 11.4. The van der Waals surface area contributed by atoms with Crippen LogP contribution in [0.2, 0.25) is 0 Å². The predicted molar refractivity (Wildman–Crippen MR) is 127 cm³/mol. The molecule has 1 amide bonds. The number of rotatable bonds is 6. The molecule has 166 valence electrons. The number of benzene rings is 2. The van der Waals surface area contributed by atoms with Crippen molar-refractivity contribution in [1.82, 2.24) is 19.9 Å². The number of aryl methyl sites for hydroxylation is 1. The second kappa shape index (κ2) is 9.94. The SMILES string of the molecule is CCN1CCC[C@@H](n2c(-c3ccccc3)nc(C)c2-c2cccc(C=CC(=O)NO)c2)C1. The number of amides is 1. The first kappa shape index (κ1) is 22.0. The van der Waals surface area contributed by atoms with Crippen LogP contribution in [0, 0.1) is 6.92 Å². The van der Waals surface area contributed by atoms with Gasteiger partial charge >= 0.3 is 0 Å². The van der Waals surface area contributed by atoms with Crippen molar-refractivity contribution in [3.05, 3.63) is 71.9 Å². The van der Waals surface area contributed by atoms with Gasteiger partial charge in [-0.25, -0.2) is 10.5 Å². The normalized spacial score (nSPS) is 17.0. The Morgan fingerprint density at radius 1 is 1.19 bits per heavy atom. The highest BCUT2D eigenvalue weighted by molar-refractivity contribution is 5.91. The van der Waals surface area contributed by atoms with E-state index >= 15 is 0 Å². The molecule has 0 spiro atoms. The molecule has 2 heterocycles. The van der Waals surface area contributed by atoms with E-state index in [0.717, 1.165) is 60.0 Å². The Morgan fingerprint density at radius 2 is 1.97 bits per heavy atom. The van der Waals surface area contributed by atoms with Gasteiger partial charge in [-0.3, -0.25) is 10.0 Å². The lowest BCUT2D eigenvalue weighted by Gasteiger charge is -2.34. The van der Waals surface area contributed by atoms with E-state index in [1.165, 1.54) is 12.5 Å². The van der Waals surface area contributed by atoms with Gasteiger partial charge in [-0.1, -0.05) is 55.5 Å². The van der Waals surface area contributed by atoms with E-state index in [9.17, 15) is 4.79 Å². The fraction of sp³-hybridized carbons (Fsp3) is 0.308. The Labute approximate surface area is 189 Å². The van der Waals surface area contributed by atoms with Crippen molar-refractivity contribution in [1.29, 1.82) is 0 Å². The van der Waals surface area contributed by atoms with Crippen LogP contribution in [-0.2, 0) is 4.79 Å². The van der Waals surface area contributed by atoms with Crippen LogP contribution >= 0.6 is 0 Å². The maximum absolute atomic E-state index is 11.4. The van der Waals surface area contributed by atoms with E-state index in [0.29, 0.717) is 6.04 Å². The molecule has 0 bridgehead atoms. The Morgan fingerprint density at radius 3 is 2.72 bits per heavy atom. The molecule has 1 fully saturated rings. The number of piperidine rings is 1. The summed E-state index contributed by atoms with van der Waals surface area (Å²) in [5.74, 6) is 0.450. The molecule has 1 saturated heterocycles. The number of nitrogens with one attached hydrogen (secondary N) is 1. The van der Waals surface area contributed by atoms with E-state index in [4.69, 9.17) is 10.2 Å². The zero-order chi connectivity index (χ0) is 22.5. The first-order valence-electron chi connectivity index (χ1n) is 11.2. The van der Waals surface area contributed by atoms with Crippen molar-refractivity contribution in [3.8, 4) is 22.6 Å². The minimum atomic E-state index is -0.551. The van der Waals surface area contributed by atoms with Crippen molar-refractivity contribution in [2.45, 2.75) is 32.7 Å². The molecule has 6 nitrogen and oxygen atoms in total.